The molecule has 2 aliphatic heterocycles. The molecular weight excluding hydrogens is 392 g/mol. The zero-order chi connectivity index (χ0) is 20.6. The molecule has 1 aromatic heterocycles. The standard InChI is InChI=1S/C24H34N4OS/c1-25-24(27-18-21(22-12-8-16-30-22)28-13-5-6-14-28)26-17-20-11-7-15-29-23(20)19-9-3-2-4-10-19/h2-4,8-10,12,16,20-21,23H,5-7,11,13-15,17-18H2,1H3,(H2,25,26,27). The Balaban J connectivity index is 1.34. The second-order valence-corrected chi connectivity index (χ2v) is 9.19. The lowest BCUT2D eigenvalue weighted by atomic mass is 9.89. The van der Waals surface area contributed by atoms with Gasteiger partial charge in [0.15, 0.2) is 5.96 Å². The normalized spacial score (nSPS) is 24.0. The number of hydrogen-bond acceptors (Lipinski definition) is 4. The molecule has 0 amide bonds. The van der Waals surface area contributed by atoms with Gasteiger partial charge in [0.05, 0.1) is 12.1 Å². The van der Waals surface area contributed by atoms with Crippen LogP contribution >= 0.6 is 11.3 Å². The largest absolute Gasteiger partial charge is 0.373 e. The number of benzene rings is 1. The predicted molar refractivity (Wildman–Crippen MR) is 125 cm³/mol. The van der Waals surface area contributed by atoms with E-state index in [0.717, 1.165) is 32.1 Å². The molecule has 1 aromatic carbocycles. The predicted octanol–water partition coefficient (Wildman–Crippen LogP) is 4.22. The van der Waals surface area contributed by atoms with Crippen LogP contribution in [0.15, 0.2) is 52.8 Å². The lowest BCUT2D eigenvalue weighted by Gasteiger charge is -2.33. The maximum absolute atomic E-state index is 6.15. The fourth-order valence-corrected chi connectivity index (χ4v) is 5.51. The quantitative estimate of drug-likeness (QED) is 0.514. The molecule has 0 aliphatic carbocycles. The SMILES string of the molecule is CN=C(NCC1CCCOC1c1ccccc1)NCC(c1cccs1)N1CCCC1. The van der Waals surface area contributed by atoms with E-state index in [4.69, 9.17) is 4.74 Å². The van der Waals surface area contributed by atoms with Gasteiger partial charge in [0, 0.05) is 37.5 Å². The smallest absolute Gasteiger partial charge is 0.191 e. The van der Waals surface area contributed by atoms with E-state index in [1.165, 1.54) is 42.8 Å². The molecule has 30 heavy (non-hydrogen) atoms. The van der Waals surface area contributed by atoms with Crippen molar-refractivity contribution in [1.29, 1.82) is 0 Å². The number of nitrogens with one attached hydrogen (secondary N) is 2. The molecule has 2 saturated heterocycles. The molecule has 5 nitrogen and oxygen atoms in total. The minimum atomic E-state index is 0.161. The summed E-state index contributed by atoms with van der Waals surface area (Å²) in [7, 11) is 1.86. The molecule has 2 N–H and O–H groups in total. The van der Waals surface area contributed by atoms with Gasteiger partial charge in [0.2, 0.25) is 0 Å². The van der Waals surface area contributed by atoms with Crippen LogP contribution in [-0.2, 0) is 4.74 Å². The third kappa shape index (κ3) is 5.42. The Morgan fingerprint density at radius 1 is 1.13 bits per heavy atom. The topological polar surface area (TPSA) is 48.9 Å². The molecule has 3 heterocycles. The first-order valence-electron chi connectivity index (χ1n) is 11.2. The van der Waals surface area contributed by atoms with Crippen LogP contribution in [0.4, 0.5) is 0 Å². The third-order valence-corrected chi connectivity index (χ3v) is 7.22. The minimum Gasteiger partial charge on any atom is -0.373 e. The van der Waals surface area contributed by atoms with E-state index in [1.807, 2.05) is 18.4 Å². The average molecular weight is 427 g/mol. The number of nitrogens with zero attached hydrogens (tertiary/aromatic N) is 2. The van der Waals surface area contributed by atoms with E-state index >= 15 is 0 Å². The van der Waals surface area contributed by atoms with Crippen LogP contribution in [0.2, 0.25) is 0 Å². The maximum Gasteiger partial charge on any atom is 0.191 e. The van der Waals surface area contributed by atoms with E-state index in [2.05, 4.69) is 68.4 Å². The molecule has 0 bridgehead atoms. The summed E-state index contributed by atoms with van der Waals surface area (Å²) in [6, 6.07) is 15.5. The Bertz CT molecular complexity index is 774. The van der Waals surface area contributed by atoms with Crippen molar-refractivity contribution in [3.05, 3.63) is 58.3 Å². The maximum atomic E-state index is 6.15. The van der Waals surface area contributed by atoms with Gasteiger partial charge in [-0.25, -0.2) is 0 Å². The highest BCUT2D eigenvalue weighted by atomic mass is 32.1. The van der Waals surface area contributed by atoms with Crippen molar-refractivity contribution in [2.24, 2.45) is 10.9 Å². The second kappa shape index (κ2) is 10.9. The summed E-state index contributed by atoms with van der Waals surface area (Å²) in [4.78, 5) is 8.53. The molecule has 2 aromatic rings. The number of ether oxygens (including phenoxy) is 1. The van der Waals surface area contributed by atoms with Crippen LogP contribution < -0.4 is 10.6 Å². The van der Waals surface area contributed by atoms with Crippen LogP contribution in [0.1, 0.15) is 48.3 Å². The third-order valence-electron chi connectivity index (χ3n) is 6.24. The molecule has 162 valence electrons. The molecule has 0 spiro atoms. The number of likely N-dealkylation sites (tertiary alicyclic amines) is 1. The number of thiophene rings is 1. The Hall–Kier alpha value is -1.89. The minimum absolute atomic E-state index is 0.161. The molecule has 0 saturated carbocycles. The number of guanidine groups is 1. The Morgan fingerprint density at radius 3 is 2.70 bits per heavy atom. The molecular formula is C24H34N4OS. The van der Waals surface area contributed by atoms with Crippen LogP contribution in [0.3, 0.4) is 0 Å². The second-order valence-electron chi connectivity index (χ2n) is 8.21. The van der Waals surface area contributed by atoms with Crippen molar-refractivity contribution in [3.8, 4) is 0 Å². The van der Waals surface area contributed by atoms with Crippen molar-refractivity contribution in [2.45, 2.75) is 37.8 Å². The van der Waals surface area contributed by atoms with Crippen molar-refractivity contribution in [3.63, 3.8) is 0 Å². The van der Waals surface area contributed by atoms with Gasteiger partial charge in [0.25, 0.3) is 0 Å². The average Bonchev–Trinajstić information content (AvgIpc) is 3.52. The summed E-state index contributed by atoms with van der Waals surface area (Å²) in [6.07, 6.45) is 5.06. The van der Waals surface area contributed by atoms with E-state index < -0.39 is 0 Å². The monoisotopic (exact) mass is 426 g/mol. The fraction of sp³-hybridized carbons (Fsp3) is 0.542. The highest BCUT2D eigenvalue weighted by Gasteiger charge is 2.28. The van der Waals surface area contributed by atoms with Gasteiger partial charge in [-0.05, 0) is 55.8 Å². The van der Waals surface area contributed by atoms with E-state index in [1.54, 1.807) is 0 Å². The van der Waals surface area contributed by atoms with Crippen molar-refractivity contribution in [2.75, 3.05) is 39.8 Å². The zero-order valence-corrected chi connectivity index (χ0v) is 18.7. The zero-order valence-electron chi connectivity index (χ0n) is 17.9. The Morgan fingerprint density at radius 2 is 1.97 bits per heavy atom. The van der Waals surface area contributed by atoms with Gasteiger partial charge in [-0.2, -0.15) is 0 Å². The fourth-order valence-electron chi connectivity index (χ4n) is 4.65. The van der Waals surface area contributed by atoms with Crippen molar-refractivity contribution < 1.29 is 4.74 Å². The first kappa shape index (κ1) is 21.3. The van der Waals surface area contributed by atoms with Gasteiger partial charge >= 0.3 is 0 Å². The number of aliphatic imine (C=N–C) groups is 1. The van der Waals surface area contributed by atoms with E-state index in [-0.39, 0.29) is 6.10 Å². The molecule has 6 heteroatoms. The highest BCUT2D eigenvalue weighted by molar-refractivity contribution is 7.10. The summed E-state index contributed by atoms with van der Waals surface area (Å²) in [6.45, 7) is 4.97. The molecule has 3 unspecified atom stereocenters. The van der Waals surface area contributed by atoms with Gasteiger partial charge in [-0.1, -0.05) is 36.4 Å². The molecule has 0 radical (unpaired) electrons. The number of rotatable bonds is 7. The summed E-state index contributed by atoms with van der Waals surface area (Å²) in [5, 5.41) is 9.34. The van der Waals surface area contributed by atoms with Gasteiger partial charge in [-0.15, -0.1) is 11.3 Å². The molecule has 4 rings (SSSR count). The van der Waals surface area contributed by atoms with Gasteiger partial charge in [-0.3, -0.25) is 9.89 Å². The lowest BCUT2D eigenvalue weighted by Crippen LogP contribution is -2.45. The van der Waals surface area contributed by atoms with E-state index in [0.29, 0.717) is 12.0 Å². The molecule has 3 atom stereocenters. The first-order valence-corrected chi connectivity index (χ1v) is 12.1. The summed E-state index contributed by atoms with van der Waals surface area (Å²) < 4.78 is 6.15. The van der Waals surface area contributed by atoms with Crippen LogP contribution in [0.25, 0.3) is 0 Å². The van der Waals surface area contributed by atoms with Gasteiger partial charge in [0.1, 0.15) is 0 Å². The summed E-state index contributed by atoms with van der Waals surface area (Å²) in [5.41, 5.74) is 1.28. The number of hydrogen-bond donors (Lipinski definition) is 2. The Kier molecular flexibility index (Phi) is 7.78. The molecule has 2 aliphatic rings. The van der Waals surface area contributed by atoms with Crippen molar-refractivity contribution >= 4 is 17.3 Å². The summed E-state index contributed by atoms with van der Waals surface area (Å²) >= 11 is 1.85. The van der Waals surface area contributed by atoms with Crippen LogP contribution in [-0.4, -0.2) is 50.7 Å². The molecule has 2 fully saturated rings. The van der Waals surface area contributed by atoms with Gasteiger partial charge < -0.3 is 15.4 Å². The highest BCUT2D eigenvalue weighted by Crippen LogP contribution is 2.33. The lowest BCUT2D eigenvalue weighted by molar-refractivity contribution is -0.0265. The first-order chi connectivity index (χ1) is 14.8. The van der Waals surface area contributed by atoms with Crippen LogP contribution in [0, 0.1) is 5.92 Å². The van der Waals surface area contributed by atoms with Crippen LogP contribution in [0.5, 0.6) is 0 Å². The Labute approximate surface area is 184 Å². The van der Waals surface area contributed by atoms with E-state index in [9.17, 15) is 0 Å². The summed E-state index contributed by atoms with van der Waals surface area (Å²) in [5.74, 6) is 1.33. The van der Waals surface area contributed by atoms with Crippen molar-refractivity contribution in [1.82, 2.24) is 15.5 Å².